The molecule has 0 N–H and O–H groups in total. The molecule has 0 unspecified atom stereocenters. The van der Waals surface area contributed by atoms with Gasteiger partial charge in [0.25, 0.3) is 0 Å². The van der Waals surface area contributed by atoms with Crippen molar-refractivity contribution in [2.45, 2.75) is 49.6 Å². The second kappa shape index (κ2) is 12.4. The summed E-state index contributed by atoms with van der Waals surface area (Å²) in [4.78, 5) is 9.31. The minimum Gasteiger partial charge on any atom is -0.328 e. The molecule has 4 bridgehead atoms. The van der Waals surface area contributed by atoms with E-state index >= 15 is 0 Å². The molecule has 2 aromatic heterocycles. The first-order valence-electron chi connectivity index (χ1n) is 12.8. The Bertz CT molecular complexity index is 1590. The van der Waals surface area contributed by atoms with E-state index in [0.717, 1.165) is 48.1 Å². The first-order chi connectivity index (χ1) is 19.4. The Labute approximate surface area is 289 Å². The quantitative estimate of drug-likeness (QED) is 0.149. The van der Waals surface area contributed by atoms with Crippen molar-refractivity contribution in [2.75, 3.05) is 6.01 Å². The maximum Gasteiger partial charge on any atom is 0.157 e. The van der Waals surface area contributed by atoms with Crippen LogP contribution in [-0.4, -0.2) is 25.7 Å². The summed E-state index contributed by atoms with van der Waals surface area (Å²) in [7, 11) is 0. The number of aromatic nitrogens is 4. The molecule has 6 aliphatic rings. The number of alkyl halides is 1. The van der Waals surface area contributed by atoms with Crippen molar-refractivity contribution < 1.29 is 4.39 Å². The van der Waals surface area contributed by atoms with Crippen LogP contribution in [0.5, 0.6) is 0 Å². The second-order valence-electron chi connectivity index (χ2n) is 9.96. The summed E-state index contributed by atoms with van der Waals surface area (Å²) in [5.74, 6) is 3.77. The Morgan fingerprint density at radius 2 is 1.62 bits per heavy atom. The fourth-order valence-corrected chi connectivity index (χ4v) is 8.33. The van der Waals surface area contributed by atoms with Crippen LogP contribution in [0.4, 0.5) is 4.39 Å². The maximum atomic E-state index is 11.0. The third-order valence-corrected chi connectivity index (χ3v) is 12.8. The standard InChI is InChI=1S/C13H9BrI2N2.C13H11BrN2.CH3FINS/c14-7-1-2-9-6-3-8(4-6)18-12(16)11(15)17-13(18)10(9)5-7;14-9-1-2-11-8-5-10(6-8)16-4-3-15-13(16)12(11)7-9;2-1-5-4-3/h1-2,5-6,8H,3-4H2;1-4,7-8,10H,5-6H2;3H,1H2/i;;3D. The van der Waals surface area contributed by atoms with Crippen LogP contribution in [0.2, 0.25) is 0 Å². The average Bonchev–Trinajstić information content (AvgIpc) is 3.34. The number of rotatable bonds is 2. The monoisotopic (exact) mass is 1010 g/mol. The SMILES string of the molecule is Brc1ccc2c(c1)-c1nc(I)c(I)n1C1CC2C1.Brc1ccc2c(c1)-c1nccn1C1CC2C1.[2H]I=NSCF. The third kappa shape index (κ3) is 5.60. The van der Waals surface area contributed by atoms with Crippen LogP contribution in [0.1, 0.15) is 60.7 Å². The van der Waals surface area contributed by atoms with E-state index in [1.807, 2.05) is 6.20 Å². The lowest BCUT2D eigenvalue weighted by molar-refractivity contribution is 0.271. The predicted octanol–water partition coefficient (Wildman–Crippen LogP) is 10.6. The summed E-state index contributed by atoms with van der Waals surface area (Å²) in [5, 5.41) is 0. The number of imidazole rings is 2. The van der Waals surface area contributed by atoms with Crippen molar-refractivity contribution in [3.05, 3.63) is 76.3 Å². The number of benzene rings is 2. The summed E-state index contributed by atoms with van der Waals surface area (Å²) in [5.41, 5.74) is 5.58. The Morgan fingerprint density at radius 3 is 2.21 bits per heavy atom. The molecule has 0 radical (unpaired) electrons. The first-order valence-corrected chi connectivity index (χ1v) is 18.1. The molecule has 12 heteroatoms. The van der Waals surface area contributed by atoms with E-state index in [1.165, 1.54) is 51.6 Å². The van der Waals surface area contributed by atoms with Gasteiger partial charge in [-0.3, -0.25) is 0 Å². The highest BCUT2D eigenvalue weighted by atomic mass is 127. The fraction of sp³-hybridized carbons (Fsp3) is 0.333. The highest BCUT2D eigenvalue weighted by molar-refractivity contribution is 14.1. The Hall–Kier alpha value is 0.0900. The van der Waals surface area contributed by atoms with Crippen molar-refractivity contribution in [1.29, 1.82) is 0.594 Å². The van der Waals surface area contributed by atoms with Crippen molar-refractivity contribution in [3.8, 4) is 22.8 Å². The fourth-order valence-electron chi connectivity index (χ4n) is 6.02. The summed E-state index contributed by atoms with van der Waals surface area (Å²) in [6.07, 6.45) is 9.12. The molecule has 4 aromatic rings. The minimum atomic E-state index is -0.801. The molecule has 4 aliphatic heterocycles. The molecule has 0 atom stereocenters. The van der Waals surface area contributed by atoms with Gasteiger partial charge in [0, 0.05) is 56.5 Å². The zero-order valence-corrected chi connectivity index (χ0v) is 30.8. The largest absolute Gasteiger partial charge is 0.328 e. The molecular weight excluding hydrogens is 986 g/mol. The van der Waals surface area contributed by atoms with Crippen molar-refractivity contribution in [2.24, 2.45) is 2.55 Å². The van der Waals surface area contributed by atoms with Crippen molar-refractivity contribution in [3.63, 3.8) is 0 Å². The van der Waals surface area contributed by atoms with Crippen LogP contribution in [-0.2, 0) is 0 Å². The van der Waals surface area contributed by atoms with Crippen molar-refractivity contribution in [1.82, 2.24) is 19.1 Å². The summed E-state index contributed by atoms with van der Waals surface area (Å²) in [6, 6.07) is 14.1. The predicted molar refractivity (Wildman–Crippen MR) is 190 cm³/mol. The van der Waals surface area contributed by atoms with Crippen LogP contribution in [0.25, 0.3) is 22.8 Å². The van der Waals surface area contributed by atoms with E-state index in [9.17, 15) is 4.39 Å². The Morgan fingerprint density at radius 1 is 1.00 bits per heavy atom. The number of hydrogen-bond acceptors (Lipinski definition) is 4. The minimum absolute atomic E-state index is 0.488. The molecule has 39 heavy (non-hydrogen) atoms. The van der Waals surface area contributed by atoms with Crippen LogP contribution in [0.15, 0.2) is 60.3 Å². The molecular formula is C27H23Br2FI3N5S. The van der Waals surface area contributed by atoms with Gasteiger partial charge in [-0.1, -0.05) is 44.0 Å². The molecule has 0 spiro atoms. The topological polar surface area (TPSA) is 48.0 Å². The zero-order valence-electron chi connectivity index (χ0n) is 21.4. The Balaban J connectivity index is 0.000000122. The average molecular weight is 1010 g/mol. The molecule has 2 aromatic carbocycles. The Kier molecular flexibility index (Phi) is 8.85. The summed E-state index contributed by atoms with van der Waals surface area (Å²) < 4.78 is 30.3. The van der Waals surface area contributed by atoms with Crippen LogP contribution in [0, 0.1) is 7.40 Å². The van der Waals surface area contributed by atoms with Gasteiger partial charge >= 0.3 is 0 Å². The molecule has 6 heterocycles. The lowest BCUT2D eigenvalue weighted by atomic mass is 9.76. The van der Waals surface area contributed by atoms with Crippen molar-refractivity contribution >= 4 is 111 Å². The molecule has 204 valence electrons. The third-order valence-electron chi connectivity index (χ3n) is 7.96. The van der Waals surface area contributed by atoms with Gasteiger partial charge in [0.05, 0.1) is 0 Å². The van der Waals surface area contributed by atoms with Gasteiger partial charge in [-0.25, -0.2) is 14.4 Å². The van der Waals surface area contributed by atoms with E-state index in [1.54, 1.807) is 0 Å². The van der Waals surface area contributed by atoms with Gasteiger partial charge in [-0.05, 0) is 140 Å². The van der Waals surface area contributed by atoms with Gasteiger partial charge in [-0.2, -0.15) is 2.55 Å². The van der Waals surface area contributed by atoms with Crippen LogP contribution in [0.3, 0.4) is 0 Å². The van der Waals surface area contributed by atoms with Crippen LogP contribution < -0.4 is 0 Å². The van der Waals surface area contributed by atoms with E-state index in [2.05, 4.69) is 136 Å². The van der Waals surface area contributed by atoms with Gasteiger partial charge in [0.1, 0.15) is 19.6 Å². The lowest BCUT2D eigenvalue weighted by Crippen LogP contribution is -2.23. The van der Waals surface area contributed by atoms with Gasteiger partial charge in [0.15, 0.2) is 6.01 Å². The lowest BCUT2D eigenvalue weighted by Gasteiger charge is -2.34. The van der Waals surface area contributed by atoms with Gasteiger partial charge in [-0.15, -0.1) is 0 Å². The van der Waals surface area contributed by atoms with Crippen LogP contribution >= 0.6 is 111 Å². The smallest absolute Gasteiger partial charge is 0.157 e. The van der Waals surface area contributed by atoms with E-state index in [0.29, 0.717) is 12.1 Å². The molecule has 0 amide bonds. The summed E-state index contributed by atoms with van der Waals surface area (Å²) in [6.45, 7) is 0. The maximum absolute atomic E-state index is 11.0. The highest BCUT2D eigenvalue weighted by Crippen LogP contribution is 2.53. The molecule has 2 fully saturated rings. The number of hydrogen-bond donors (Lipinski definition) is 0. The highest BCUT2D eigenvalue weighted by Gasteiger charge is 2.40. The molecule has 0 saturated heterocycles. The molecule has 2 aliphatic carbocycles. The first kappa shape index (κ1) is 27.9. The normalized spacial score (nSPS) is 23.3. The van der Waals surface area contributed by atoms with Gasteiger partial charge < -0.3 is 9.13 Å². The van der Waals surface area contributed by atoms with E-state index < -0.39 is 28.2 Å². The van der Waals surface area contributed by atoms with E-state index in [-0.39, 0.29) is 0 Å². The summed E-state index contributed by atoms with van der Waals surface area (Å²) >= 11 is 11.9. The number of halogens is 6. The molecule has 5 nitrogen and oxygen atoms in total. The second-order valence-corrected chi connectivity index (χ2v) is 15.6. The molecule has 2 saturated carbocycles. The molecule has 10 rings (SSSR count). The number of nitrogens with zero attached hydrogens (tertiary/aromatic N) is 5. The van der Waals surface area contributed by atoms with Gasteiger partial charge in [0.2, 0.25) is 0 Å². The van der Waals surface area contributed by atoms with E-state index in [4.69, 9.17) is 5.58 Å². The zero-order chi connectivity index (χ0) is 28.0.